The van der Waals surface area contributed by atoms with Crippen LogP contribution < -0.4 is 10.1 Å². The van der Waals surface area contributed by atoms with Crippen LogP contribution in [0, 0.1) is 0 Å². The summed E-state index contributed by atoms with van der Waals surface area (Å²) in [5.41, 5.74) is 1.79. The summed E-state index contributed by atoms with van der Waals surface area (Å²) in [7, 11) is 1.55. The number of carbonyl (C=O) groups is 2. The van der Waals surface area contributed by atoms with Gasteiger partial charge < -0.3 is 19.7 Å². The molecule has 0 aliphatic carbocycles. The largest absolute Gasteiger partial charge is 0.496 e. The Labute approximate surface area is 179 Å². The molecule has 0 saturated carbocycles. The van der Waals surface area contributed by atoms with E-state index in [2.05, 4.69) is 15.5 Å². The Balaban J connectivity index is 1.64. The third-order valence-electron chi connectivity index (χ3n) is 4.59. The summed E-state index contributed by atoms with van der Waals surface area (Å²) in [5.74, 6) is -0.482. The van der Waals surface area contributed by atoms with E-state index in [0.29, 0.717) is 17.7 Å². The van der Waals surface area contributed by atoms with Gasteiger partial charge in [-0.25, -0.2) is 0 Å². The van der Waals surface area contributed by atoms with E-state index < -0.39 is 11.8 Å². The number of aromatic nitrogens is 1. The van der Waals surface area contributed by atoms with Crippen molar-refractivity contribution >= 4 is 34.5 Å². The number of fused-ring (bicyclic) bond motifs is 1. The number of methoxy groups -OCH3 is 1. The molecule has 8 nitrogen and oxygen atoms in total. The molecule has 1 aromatic heterocycles. The molecule has 0 radical (unpaired) electrons. The Kier molecular flexibility index (Phi) is 7.16. The van der Waals surface area contributed by atoms with Gasteiger partial charge in [0.25, 0.3) is 5.91 Å². The number of aromatic hydroxyl groups is 1. The van der Waals surface area contributed by atoms with Gasteiger partial charge in [0.15, 0.2) is 5.69 Å². The SMILES string of the molecule is CCCn1c(O)c(N=NC(=O)CNC(=O)C=Cc2ccccc2OC)c2ccccc21. The van der Waals surface area contributed by atoms with Crippen LogP contribution in [0.5, 0.6) is 11.6 Å². The number of hydrogen-bond donors (Lipinski definition) is 2. The normalized spacial score (nSPS) is 11.4. The minimum Gasteiger partial charge on any atom is -0.496 e. The third-order valence-corrected chi connectivity index (χ3v) is 4.59. The van der Waals surface area contributed by atoms with Gasteiger partial charge in [0, 0.05) is 23.6 Å². The van der Waals surface area contributed by atoms with Crippen LogP contribution in [-0.4, -0.2) is 35.1 Å². The van der Waals surface area contributed by atoms with E-state index in [0.717, 1.165) is 17.5 Å². The molecule has 0 bridgehead atoms. The number of nitrogens with zero attached hydrogens (tertiary/aromatic N) is 3. The summed E-state index contributed by atoms with van der Waals surface area (Å²) < 4.78 is 6.96. The average Bonchev–Trinajstić information content (AvgIpc) is 3.06. The van der Waals surface area contributed by atoms with Crippen LogP contribution in [-0.2, 0) is 16.1 Å². The average molecular weight is 420 g/mol. The van der Waals surface area contributed by atoms with Gasteiger partial charge in [-0.05, 0) is 24.6 Å². The van der Waals surface area contributed by atoms with Crippen molar-refractivity contribution in [2.45, 2.75) is 19.9 Å². The van der Waals surface area contributed by atoms with Crippen LogP contribution in [0.15, 0.2) is 64.8 Å². The first-order chi connectivity index (χ1) is 15.0. The van der Waals surface area contributed by atoms with E-state index in [9.17, 15) is 14.7 Å². The maximum atomic E-state index is 12.1. The van der Waals surface area contributed by atoms with Crippen molar-refractivity contribution < 1.29 is 19.4 Å². The zero-order chi connectivity index (χ0) is 22.2. The number of para-hydroxylation sites is 2. The number of aryl methyl sites for hydroxylation is 1. The maximum Gasteiger partial charge on any atom is 0.283 e. The number of amides is 2. The molecule has 0 fully saturated rings. The number of hydrogen-bond acceptors (Lipinski definition) is 5. The Bertz CT molecular complexity index is 1150. The molecule has 0 atom stereocenters. The second-order valence-corrected chi connectivity index (χ2v) is 6.73. The van der Waals surface area contributed by atoms with Gasteiger partial charge in [-0.2, -0.15) is 0 Å². The van der Waals surface area contributed by atoms with Gasteiger partial charge in [-0.1, -0.05) is 43.3 Å². The van der Waals surface area contributed by atoms with Gasteiger partial charge in [-0.3, -0.25) is 9.59 Å². The van der Waals surface area contributed by atoms with Crippen LogP contribution in [0.1, 0.15) is 18.9 Å². The Morgan fingerprint density at radius 2 is 1.90 bits per heavy atom. The van der Waals surface area contributed by atoms with E-state index in [-0.39, 0.29) is 18.1 Å². The molecule has 31 heavy (non-hydrogen) atoms. The molecule has 2 N–H and O–H groups in total. The molecule has 3 rings (SSSR count). The van der Waals surface area contributed by atoms with Crippen molar-refractivity contribution in [3.8, 4) is 11.6 Å². The minimum atomic E-state index is -0.634. The monoisotopic (exact) mass is 420 g/mol. The lowest BCUT2D eigenvalue weighted by atomic mass is 10.2. The second-order valence-electron chi connectivity index (χ2n) is 6.73. The van der Waals surface area contributed by atoms with Crippen LogP contribution in [0.3, 0.4) is 0 Å². The molecular formula is C23H24N4O4. The molecule has 0 aliphatic rings. The number of carbonyl (C=O) groups excluding carboxylic acids is 2. The van der Waals surface area contributed by atoms with Crippen LogP contribution in [0.4, 0.5) is 5.69 Å². The highest BCUT2D eigenvalue weighted by Crippen LogP contribution is 2.38. The molecular weight excluding hydrogens is 396 g/mol. The van der Waals surface area contributed by atoms with Crippen LogP contribution >= 0.6 is 0 Å². The number of nitrogens with one attached hydrogen (secondary N) is 1. The molecule has 160 valence electrons. The number of rotatable bonds is 8. The lowest BCUT2D eigenvalue weighted by Crippen LogP contribution is -2.26. The number of benzene rings is 2. The fourth-order valence-corrected chi connectivity index (χ4v) is 3.15. The predicted molar refractivity (Wildman–Crippen MR) is 118 cm³/mol. The molecule has 3 aromatic rings. The first-order valence-electron chi connectivity index (χ1n) is 9.88. The quantitative estimate of drug-likeness (QED) is 0.421. The van der Waals surface area contributed by atoms with Crippen molar-refractivity contribution in [2.24, 2.45) is 10.2 Å². The third kappa shape index (κ3) is 5.16. The summed E-state index contributed by atoms with van der Waals surface area (Å²) >= 11 is 0. The van der Waals surface area contributed by atoms with Crippen LogP contribution in [0.25, 0.3) is 17.0 Å². The van der Waals surface area contributed by atoms with Crippen molar-refractivity contribution in [2.75, 3.05) is 13.7 Å². The standard InChI is InChI=1S/C23H24N4O4/c1-3-14-27-18-10-6-5-9-17(18)22(23(27)30)26-25-21(29)15-24-20(28)13-12-16-8-4-7-11-19(16)31-2/h4-13,30H,3,14-15H2,1-2H3,(H,24,28). The van der Waals surface area contributed by atoms with Crippen molar-refractivity contribution in [1.82, 2.24) is 9.88 Å². The van der Waals surface area contributed by atoms with Crippen molar-refractivity contribution in [3.05, 3.63) is 60.2 Å². The van der Waals surface area contributed by atoms with E-state index in [1.807, 2.05) is 49.4 Å². The predicted octanol–water partition coefficient (Wildman–Crippen LogP) is 4.21. The Hall–Kier alpha value is -3.94. The molecule has 2 amide bonds. The molecule has 2 aromatic carbocycles. The summed E-state index contributed by atoms with van der Waals surface area (Å²) in [6.07, 6.45) is 3.74. The van der Waals surface area contributed by atoms with Gasteiger partial charge >= 0.3 is 0 Å². The fourth-order valence-electron chi connectivity index (χ4n) is 3.15. The van der Waals surface area contributed by atoms with Gasteiger partial charge in [-0.15, -0.1) is 10.2 Å². The second kappa shape index (κ2) is 10.2. The fraction of sp³-hybridized carbons (Fsp3) is 0.217. The Morgan fingerprint density at radius 3 is 2.68 bits per heavy atom. The highest BCUT2D eigenvalue weighted by Gasteiger charge is 2.16. The maximum absolute atomic E-state index is 12.1. The minimum absolute atomic E-state index is 0.0385. The summed E-state index contributed by atoms with van der Waals surface area (Å²) in [5, 5.41) is 21.3. The lowest BCUT2D eigenvalue weighted by Gasteiger charge is -2.03. The zero-order valence-electron chi connectivity index (χ0n) is 17.4. The summed E-state index contributed by atoms with van der Waals surface area (Å²) in [6, 6.07) is 14.6. The van der Waals surface area contributed by atoms with E-state index in [1.165, 1.54) is 6.08 Å². The van der Waals surface area contributed by atoms with Crippen LogP contribution in [0.2, 0.25) is 0 Å². The van der Waals surface area contributed by atoms with Gasteiger partial charge in [0.05, 0.1) is 12.6 Å². The van der Waals surface area contributed by atoms with E-state index >= 15 is 0 Å². The molecule has 8 heteroatoms. The number of azo groups is 1. The highest BCUT2D eigenvalue weighted by molar-refractivity contribution is 5.96. The molecule has 0 aliphatic heterocycles. The molecule has 0 unspecified atom stereocenters. The topological polar surface area (TPSA) is 105 Å². The van der Waals surface area contributed by atoms with Crippen molar-refractivity contribution in [1.29, 1.82) is 0 Å². The zero-order valence-corrected chi connectivity index (χ0v) is 17.4. The summed E-state index contributed by atoms with van der Waals surface area (Å²) in [4.78, 5) is 24.1. The summed E-state index contributed by atoms with van der Waals surface area (Å²) in [6.45, 7) is 2.31. The number of ether oxygens (including phenoxy) is 1. The smallest absolute Gasteiger partial charge is 0.283 e. The van der Waals surface area contributed by atoms with Crippen molar-refractivity contribution in [3.63, 3.8) is 0 Å². The lowest BCUT2D eigenvalue weighted by molar-refractivity contribution is -0.122. The molecule has 0 spiro atoms. The first-order valence-corrected chi connectivity index (χ1v) is 9.88. The van der Waals surface area contributed by atoms with E-state index in [4.69, 9.17) is 4.74 Å². The Morgan fingerprint density at radius 1 is 1.16 bits per heavy atom. The van der Waals surface area contributed by atoms with E-state index in [1.54, 1.807) is 23.8 Å². The van der Waals surface area contributed by atoms with Gasteiger partial charge in [0.1, 0.15) is 12.3 Å². The van der Waals surface area contributed by atoms with Gasteiger partial charge in [0.2, 0.25) is 11.8 Å². The molecule has 1 heterocycles. The molecule has 0 saturated heterocycles. The first kappa shape index (κ1) is 21.8. The highest BCUT2D eigenvalue weighted by atomic mass is 16.5.